The number of hydrogen-bond donors (Lipinski definition) is 14. The molecule has 17 N–H and O–H groups in total. The third-order valence-electron chi connectivity index (χ3n) is 12.1. The summed E-state index contributed by atoms with van der Waals surface area (Å²) in [6, 6.07) is -6.91. The highest BCUT2D eigenvalue weighted by Crippen LogP contribution is 2.23. The van der Waals surface area contributed by atoms with E-state index in [0.717, 1.165) is 9.80 Å². The first-order valence-electron chi connectivity index (χ1n) is 23.0. The van der Waals surface area contributed by atoms with Crippen LogP contribution in [0.25, 0.3) is 10.9 Å². The number of aliphatic carboxylic acids is 2. The van der Waals surface area contributed by atoms with E-state index in [1.807, 2.05) is 0 Å². The van der Waals surface area contributed by atoms with Gasteiger partial charge in [-0.3, -0.25) is 52.7 Å². The molecule has 0 radical (unpaired) electrons. The molecule has 2 aromatic rings. The monoisotopic (exact) mass is 1010 g/mol. The van der Waals surface area contributed by atoms with Crippen LogP contribution in [0, 0.1) is 0 Å². The Kier molecular flexibility index (Phi) is 20.5. The summed E-state index contributed by atoms with van der Waals surface area (Å²) in [5, 5.41) is 54.4. The molecule has 0 bridgehead atoms. The molecule has 394 valence electrons. The second-order valence-corrected chi connectivity index (χ2v) is 17.5. The van der Waals surface area contributed by atoms with Crippen LogP contribution < -0.4 is 49.1 Å². The molecule has 0 aliphatic carbocycles. The van der Waals surface area contributed by atoms with Gasteiger partial charge in [0.05, 0.1) is 31.6 Å². The van der Waals surface area contributed by atoms with Gasteiger partial charge in [-0.25, -0.2) is 4.79 Å². The van der Waals surface area contributed by atoms with Crippen molar-refractivity contribution < 1.29 is 78.0 Å². The molecule has 2 saturated heterocycles. The maximum atomic E-state index is 14.1. The number of carbonyl (C=O) groups is 12. The van der Waals surface area contributed by atoms with Crippen molar-refractivity contribution in [1.82, 2.24) is 46.7 Å². The van der Waals surface area contributed by atoms with Crippen LogP contribution in [-0.4, -0.2) is 186 Å². The number of para-hydroxylation sites is 1. The summed E-state index contributed by atoms with van der Waals surface area (Å²) in [4.78, 5) is 160. The molecule has 0 saturated carbocycles. The number of likely N-dealkylation sites (tertiary alicyclic amines) is 2. The maximum Gasteiger partial charge on any atom is 0.326 e. The number of amides is 10. The molecule has 28 heteroatoms. The number of primary amides is 2. The number of carbonyl (C=O) groups excluding carboxylic acids is 10. The van der Waals surface area contributed by atoms with E-state index in [2.05, 4.69) is 36.9 Å². The highest BCUT2D eigenvalue weighted by Gasteiger charge is 2.43. The van der Waals surface area contributed by atoms with E-state index >= 15 is 0 Å². The summed E-state index contributed by atoms with van der Waals surface area (Å²) in [5.74, 6) is -12.6. The Morgan fingerprint density at radius 2 is 1.26 bits per heavy atom. The first kappa shape index (κ1) is 56.9. The lowest BCUT2D eigenvalue weighted by Gasteiger charge is -2.32. The summed E-state index contributed by atoms with van der Waals surface area (Å²) in [5.41, 5.74) is 17.2. The largest absolute Gasteiger partial charge is 0.481 e. The molecule has 2 aliphatic rings. The lowest BCUT2D eigenvalue weighted by atomic mass is 10.0. The standard InChI is InChI=1S/C44H62N12O16/c1-20(36(63)54-35(21(2)58)43(70)55-13-5-9-30(55)41(68)52-28(17-33(47)60)42(69)56-14-6-10-31(56)44(71)72)49-39(66)27(15-22-18-48-25-8-4-3-7-23(22)25)51-38(65)26(11-12-34(61)62)50-40(67)29(19-57)53-37(64)24(45)16-32(46)59/h3-4,7-8,18,20-21,24,26-31,35,48,57-58H,5-6,9-17,19,45H2,1-2H3,(H2,46,59)(H2,47,60)(H,49,66)(H,50,67)(H,51,65)(H,52,68)(H,53,64)(H,54,63)(H,61,62)(H,71,72)/t20-,21+,24-,26-,27-,28-,29-,30-,31-,35-/m0/s1. The van der Waals surface area contributed by atoms with Crippen LogP contribution in [0.5, 0.6) is 0 Å². The fourth-order valence-electron chi connectivity index (χ4n) is 8.28. The van der Waals surface area contributed by atoms with E-state index in [1.165, 1.54) is 13.8 Å². The fourth-order valence-corrected chi connectivity index (χ4v) is 8.28. The zero-order valence-corrected chi connectivity index (χ0v) is 39.5. The number of fused-ring (bicyclic) bond motifs is 1. The maximum absolute atomic E-state index is 14.1. The summed E-state index contributed by atoms with van der Waals surface area (Å²) in [6.45, 7) is 1.36. The summed E-state index contributed by atoms with van der Waals surface area (Å²) in [7, 11) is 0. The Bertz CT molecular complexity index is 2390. The quantitative estimate of drug-likeness (QED) is 0.0417. The van der Waals surface area contributed by atoms with Crippen LogP contribution in [0.4, 0.5) is 0 Å². The molecule has 1 aromatic heterocycles. The van der Waals surface area contributed by atoms with Crippen LogP contribution in [0.2, 0.25) is 0 Å². The zero-order chi connectivity index (χ0) is 53.6. The third-order valence-corrected chi connectivity index (χ3v) is 12.1. The second kappa shape index (κ2) is 25.9. The highest BCUT2D eigenvalue weighted by atomic mass is 16.4. The molecular weight excluding hydrogens is 953 g/mol. The van der Waals surface area contributed by atoms with Crippen molar-refractivity contribution >= 4 is 81.9 Å². The van der Waals surface area contributed by atoms with Gasteiger partial charge in [-0.05, 0) is 57.6 Å². The van der Waals surface area contributed by atoms with Gasteiger partial charge in [-0.2, -0.15) is 0 Å². The Labute approximate surface area is 410 Å². The Morgan fingerprint density at radius 1 is 0.694 bits per heavy atom. The normalized spacial score (nSPS) is 18.7. The molecule has 10 atom stereocenters. The average Bonchev–Trinajstić information content (AvgIpc) is 4.11. The van der Waals surface area contributed by atoms with Gasteiger partial charge in [0.2, 0.25) is 59.1 Å². The zero-order valence-electron chi connectivity index (χ0n) is 39.5. The minimum absolute atomic E-state index is 0.0481. The van der Waals surface area contributed by atoms with Gasteiger partial charge in [0.25, 0.3) is 0 Å². The minimum atomic E-state index is -1.75. The van der Waals surface area contributed by atoms with Crippen molar-refractivity contribution in [2.45, 2.75) is 132 Å². The summed E-state index contributed by atoms with van der Waals surface area (Å²) >= 11 is 0. The molecule has 3 heterocycles. The number of aliphatic hydroxyl groups is 2. The predicted octanol–water partition coefficient (Wildman–Crippen LogP) is -5.98. The average molecular weight is 1020 g/mol. The van der Waals surface area contributed by atoms with Crippen LogP contribution >= 0.6 is 0 Å². The fraction of sp³-hybridized carbons (Fsp3) is 0.545. The molecule has 2 fully saturated rings. The molecule has 2 aliphatic heterocycles. The van der Waals surface area contributed by atoms with Gasteiger partial charge in [0.15, 0.2) is 0 Å². The van der Waals surface area contributed by atoms with Crippen molar-refractivity contribution in [3.8, 4) is 0 Å². The van der Waals surface area contributed by atoms with Crippen molar-refractivity contribution in [1.29, 1.82) is 0 Å². The van der Waals surface area contributed by atoms with Crippen molar-refractivity contribution in [3.05, 3.63) is 36.0 Å². The van der Waals surface area contributed by atoms with E-state index in [0.29, 0.717) is 22.9 Å². The van der Waals surface area contributed by atoms with Gasteiger partial charge in [0.1, 0.15) is 48.3 Å². The van der Waals surface area contributed by atoms with E-state index < -0.39 is 164 Å². The van der Waals surface area contributed by atoms with Gasteiger partial charge in [-0.15, -0.1) is 0 Å². The predicted molar refractivity (Wildman–Crippen MR) is 248 cm³/mol. The SMILES string of the molecule is C[C@H](NC(=O)[C@H](Cc1c[nH]c2ccccc12)NC(=O)[C@H](CCC(=O)O)NC(=O)[C@H](CO)NC(=O)[C@@H](N)CC(N)=O)C(=O)N[C@H](C(=O)N1CCC[C@H]1C(=O)N[C@@H](CC(N)=O)C(=O)N1CCC[C@H]1C(=O)O)[C@@H](C)O. The summed E-state index contributed by atoms with van der Waals surface area (Å²) in [6.07, 6.45) is -2.03. The number of rotatable bonds is 26. The first-order chi connectivity index (χ1) is 33.9. The van der Waals surface area contributed by atoms with Gasteiger partial charge in [0, 0.05) is 43.0 Å². The van der Waals surface area contributed by atoms with Crippen LogP contribution in [0.15, 0.2) is 30.5 Å². The third kappa shape index (κ3) is 15.4. The molecule has 72 heavy (non-hydrogen) atoms. The van der Waals surface area contributed by atoms with Gasteiger partial charge in [-0.1, -0.05) is 18.2 Å². The number of benzene rings is 1. The Morgan fingerprint density at radius 3 is 1.86 bits per heavy atom. The number of nitrogens with one attached hydrogen (secondary N) is 7. The minimum Gasteiger partial charge on any atom is -0.481 e. The van der Waals surface area contributed by atoms with Crippen molar-refractivity contribution in [2.75, 3.05) is 19.7 Å². The van der Waals surface area contributed by atoms with Crippen LogP contribution in [0.1, 0.15) is 70.8 Å². The number of carboxylic acid groups (broad SMARTS) is 2. The molecule has 28 nitrogen and oxygen atoms in total. The number of H-pyrrole nitrogens is 1. The molecule has 4 rings (SSSR count). The van der Waals surface area contributed by atoms with E-state index in [-0.39, 0.29) is 38.8 Å². The number of carboxylic acids is 2. The lowest BCUT2D eigenvalue weighted by Crippen LogP contribution is -2.61. The van der Waals surface area contributed by atoms with E-state index in [9.17, 15) is 78.0 Å². The van der Waals surface area contributed by atoms with E-state index in [1.54, 1.807) is 30.5 Å². The smallest absolute Gasteiger partial charge is 0.326 e. The number of aromatic amines is 1. The van der Waals surface area contributed by atoms with E-state index in [4.69, 9.17) is 17.2 Å². The number of nitrogens with zero attached hydrogens (tertiary/aromatic N) is 2. The molecule has 0 unspecified atom stereocenters. The molecule has 1 aromatic carbocycles. The first-order valence-corrected chi connectivity index (χ1v) is 23.0. The molecular formula is C44H62N12O16. The van der Waals surface area contributed by atoms with Crippen molar-refractivity contribution in [2.24, 2.45) is 17.2 Å². The lowest BCUT2D eigenvalue weighted by molar-refractivity contribution is -0.150. The Balaban J connectivity index is 1.52. The number of hydrogen-bond acceptors (Lipinski definition) is 15. The highest BCUT2D eigenvalue weighted by molar-refractivity contribution is 5.99. The Hall–Kier alpha value is -7.72. The van der Waals surface area contributed by atoms with Gasteiger partial charge < -0.3 is 84.3 Å². The second-order valence-electron chi connectivity index (χ2n) is 17.5. The molecule has 0 spiro atoms. The van der Waals surface area contributed by atoms with Crippen LogP contribution in [0.3, 0.4) is 0 Å². The van der Waals surface area contributed by atoms with Crippen molar-refractivity contribution in [3.63, 3.8) is 0 Å². The topological polar surface area (TPSA) is 458 Å². The number of aromatic nitrogens is 1. The summed E-state index contributed by atoms with van der Waals surface area (Å²) < 4.78 is 0. The number of nitrogens with two attached hydrogens (primary N) is 3. The molecule has 10 amide bonds. The number of aliphatic hydroxyl groups excluding tert-OH is 2. The van der Waals surface area contributed by atoms with Gasteiger partial charge >= 0.3 is 11.9 Å². The van der Waals surface area contributed by atoms with Crippen LogP contribution in [-0.2, 0) is 64.0 Å².